The van der Waals surface area contributed by atoms with E-state index >= 15 is 0 Å². The molecule has 0 aromatic carbocycles. The molecule has 0 amide bonds. The van der Waals surface area contributed by atoms with Crippen molar-refractivity contribution in [2.24, 2.45) is 0 Å². The molecule has 0 heterocycles. The Balaban J connectivity index is 3.15. The molecule has 2 N–H and O–H groups in total. The van der Waals surface area contributed by atoms with Crippen molar-refractivity contribution in [2.75, 3.05) is 0 Å². The van der Waals surface area contributed by atoms with Crippen molar-refractivity contribution in [1.29, 1.82) is 0 Å². The molecule has 168 valence electrons. The van der Waals surface area contributed by atoms with Gasteiger partial charge in [0.15, 0.2) is 0 Å². The number of rotatable bonds is 23. The van der Waals surface area contributed by atoms with Gasteiger partial charge in [-0.1, -0.05) is 122 Å². The number of aliphatic hydroxyl groups excluding tert-OH is 1. The maximum absolute atomic E-state index is 10.4. The van der Waals surface area contributed by atoms with E-state index in [1.807, 2.05) is 0 Å². The minimum Gasteiger partial charge on any atom is -0.481 e. The molecule has 3 heteroatoms. The maximum atomic E-state index is 10.4. The molecule has 0 saturated carbocycles. The Bertz CT molecular complexity index is 317. The summed E-state index contributed by atoms with van der Waals surface area (Å²) in [5.74, 6) is -0.679. The van der Waals surface area contributed by atoms with Gasteiger partial charge in [-0.2, -0.15) is 0 Å². The van der Waals surface area contributed by atoms with E-state index in [1.165, 1.54) is 96.3 Å². The first-order chi connectivity index (χ1) is 13.7. The lowest BCUT2D eigenvalue weighted by molar-refractivity contribution is -0.137. The van der Waals surface area contributed by atoms with E-state index in [0.717, 1.165) is 38.5 Å². The smallest absolute Gasteiger partial charge is 0.303 e. The molecule has 0 rings (SSSR count). The topological polar surface area (TPSA) is 57.5 Å². The molecular weight excluding hydrogens is 348 g/mol. The SMILES string of the molecule is CCCCCCCCCCCCCCC(O)CCCCCCCCCC(=O)O. The lowest BCUT2D eigenvalue weighted by Crippen LogP contribution is -2.05. The summed E-state index contributed by atoms with van der Waals surface area (Å²) in [6.07, 6.45) is 26.3. The van der Waals surface area contributed by atoms with Gasteiger partial charge in [-0.25, -0.2) is 0 Å². The van der Waals surface area contributed by atoms with E-state index < -0.39 is 5.97 Å². The Hall–Kier alpha value is -0.570. The van der Waals surface area contributed by atoms with E-state index in [1.54, 1.807) is 0 Å². The van der Waals surface area contributed by atoms with E-state index in [9.17, 15) is 9.90 Å². The van der Waals surface area contributed by atoms with Gasteiger partial charge in [-0.05, 0) is 19.3 Å². The number of hydrogen-bond acceptors (Lipinski definition) is 2. The van der Waals surface area contributed by atoms with Gasteiger partial charge in [0.25, 0.3) is 0 Å². The minimum absolute atomic E-state index is 0.0984. The molecule has 1 atom stereocenters. The van der Waals surface area contributed by atoms with Crippen LogP contribution < -0.4 is 0 Å². The fraction of sp³-hybridized carbons (Fsp3) is 0.960. The highest BCUT2D eigenvalue weighted by Crippen LogP contribution is 2.15. The quantitative estimate of drug-likeness (QED) is 0.171. The predicted molar refractivity (Wildman–Crippen MR) is 121 cm³/mol. The molecule has 1 unspecified atom stereocenters. The summed E-state index contributed by atoms with van der Waals surface area (Å²) in [4.78, 5) is 10.4. The van der Waals surface area contributed by atoms with Crippen LogP contribution in [0.4, 0.5) is 0 Å². The van der Waals surface area contributed by atoms with Crippen molar-refractivity contribution in [3.8, 4) is 0 Å². The summed E-state index contributed by atoms with van der Waals surface area (Å²) < 4.78 is 0. The minimum atomic E-state index is -0.679. The van der Waals surface area contributed by atoms with Crippen LogP contribution in [-0.4, -0.2) is 22.3 Å². The van der Waals surface area contributed by atoms with Crippen LogP contribution in [0.25, 0.3) is 0 Å². The second kappa shape index (κ2) is 22.7. The second-order valence-corrected chi connectivity index (χ2v) is 8.74. The van der Waals surface area contributed by atoms with Crippen LogP contribution in [0, 0.1) is 0 Å². The van der Waals surface area contributed by atoms with Crippen molar-refractivity contribution >= 4 is 5.97 Å². The highest BCUT2D eigenvalue weighted by atomic mass is 16.4. The van der Waals surface area contributed by atoms with Crippen LogP contribution in [-0.2, 0) is 4.79 Å². The molecule has 0 bridgehead atoms. The molecule has 28 heavy (non-hydrogen) atoms. The first kappa shape index (κ1) is 27.4. The summed E-state index contributed by atoms with van der Waals surface area (Å²) in [5, 5.41) is 18.7. The largest absolute Gasteiger partial charge is 0.481 e. The van der Waals surface area contributed by atoms with Gasteiger partial charge in [-0.15, -0.1) is 0 Å². The zero-order valence-electron chi connectivity index (χ0n) is 18.9. The Morgan fingerprint density at radius 2 is 0.893 bits per heavy atom. The first-order valence-electron chi connectivity index (χ1n) is 12.6. The fourth-order valence-corrected chi connectivity index (χ4v) is 3.91. The summed E-state index contributed by atoms with van der Waals surface area (Å²) in [7, 11) is 0. The highest BCUT2D eigenvalue weighted by molar-refractivity contribution is 5.66. The Morgan fingerprint density at radius 1 is 0.571 bits per heavy atom. The zero-order chi connectivity index (χ0) is 20.7. The number of aliphatic hydroxyl groups is 1. The van der Waals surface area contributed by atoms with E-state index in [-0.39, 0.29) is 6.10 Å². The van der Waals surface area contributed by atoms with Gasteiger partial charge in [0.2, 0.25) is 0 Å². The number of carbonyl (C=O) groups is 1. The number of hydrogen-bond donors (Lipinski definition) is 2. The van der Waals surface area contributed by atoms with Crippen molar-refractivity contribution in [2.45, 2.75) is 154 Å². The molecule has 0 aromatic rings. The van der Waals surface area contributed by atoms with Crippen LogP contribution in [0.15, 0.2) is 0 Å². The third kappa shape index (κ3) is 23.5. The molecule has 0 spiro atoms. The van der Waals surface area contributed by atoms with E-state index in [0.29, 0.717) is 6.42 Å². The van der Waals surface area contributed by atoms with E-state index in [4.69, 9.17) is 5.11 Å². The summed E-state index contributed by atoms with van der Waals surface area (Å²) in [5.41, 5.74) is 0. The molecule has 0 aliphatic heterocycles. The molecular formula is C25H50O3. The van der Waals surface area contributed by atoms with Gasteiger partial charge in [0.1, 0.15) is 0 Å². The van der Waals surface area contributed by atoms with Crippen molar-refractivity contribution in [3.63, 3.8) is 0 Å². The Kier molecular flexibility index (Phi) is 22.3. The lowest BCUT2D eigenvalue weighted by atomic mass is 10.0. The third-order valence-electron chi connectivity index (χ3n) is 5.82. The Morgan fingerprint density at radius 3 is 1.25 bits per heavy atom. The average molecular weight is 399 g/mol. The van der Waals surface area contributed by atoms with Gasteiger partial charge in [0, 0.05) is 6.42 Å². The van der Waals surface area contributed by atoms with Gasteiger partial charge >= 0.3 is 5.97 Å². The molecule has 0 aliphatic carbocycles. The standard InChI is InChI=1S/C25H50O3/c1-2-3-4-5-6-7-8-9-10-12-15-18-21-24(26)22-19-16-13-11-14-17-20-23-25(27)28/h24,26H,2-23H2,1H3,(H,27,28). The summed E-state index contributed by atoms with van der Waals surface area (Å²) in [6.45, 7) is 2.27. The molecule has 0 aliphatic rings. The van der Waals surface area contributed by atoms with Gasteiger partial charge < -0.3 is 10.2 Å². The van der Waals surface area contributed by atoms with Crippen LogP contribution >= 0.6 is 0 Å². The van der Waals surface area contributed by atoms with Crippen molar-refractivity contribution in [1.82, 2.24) is 0 Å². The first-order valence-corrected chi connectivity index (χ1v) is 12.6. The summed E-state index contributed by atoms with van der Waals surface area (Å²) >= 11 is 0. The normalized spacial score (nSPS) is 12.4. The van der Waals surface area contributed by atoms with Crippen LogP contribution in [0.1, 0.15) is 148 Å². The van der Waals surface area contributed by atoms with Gasteiger partial charge in [0.05, 0.1) is 6.10 Å². The Labute approximate surface area is 175 Å². The zero-order valence-corrected chi connectivity index (χ0v) is 18.9. The van der Waals surface area contributed by atoms with Crippen molar-refractivity contribution in [3.05, 3.63) is 0 Å². The molecule has 0 fully saturated rings. The maximum Gasteiger partial charge on any atom is 0.303 e. The molecule has 0 radical (unpaired) electrons. The van der Waals surface area contributed by atoms with Crippen LogP contribution in [0.2, 0.25) is 0 Å². The molecule has 0 saturated heterocycles. The average Bonchev–Trinajstić information content (AvgIpc) is 2.67. The van der Waals surface area contributed by atoms with E-state index in [2.05, 4.69) is 6.92 Å². The van der Waals surface area contributed by atoms with Gasteiger partial charge in [-0.3, -0.25) is 4.79 Å². The predicted octanol–water partition coefficient (Wildman–Crippen LogP) is 8.03. The summed E-state index contributed by atoms with van der Waals surface area (Å²) in [6, 6.07) is 0. The van der Waals surface area contributed by atoms with Crippen molar-refractivity contribution < 1.29 is 15.0 Å². The highest BCUT2D eigenvalue weighted by Gasteiger charge is 2.04. The number of aliphatic carboxylic acids is 1. The molecule has 3 nitrogen and oxygen atoms in total. The molecule has 0 aromatic heterocycles. The third-order valence-corrected chi connectivity index (χ3v) is 5.82. The second-order valence-electron chi connectivity index (χ2n) is 8.74. The lowest BCUT2D eigenvalue weighted by Gasteiger charge is -2.10. The number of carboxylic acid groups (broad SMARTS) is 1. The van der Waals surface area contributed by atoms with Crippen LogP contribution in [0.3, 0.4) is 0 Å². The monoisotopic (exact) mass is 398 g/mol. The fourth-order valence-electron chi connectivity index (χ4n) is 3.91. The van der Waals surface area contributed by atoms with Crippen LogP contribution in [0.5, 0.6) is 0 Å². The number of carboxylic acids is 1. The number of unbranched alkanes of at least 4 members (excludes halogenated alkanes) is 17.